The van der Waals surface area contributed by atoms with Crippen LogP contribution in [0.1, 0.15) is 69.4 Å². The highest BCUT2D eigenvalue weighted by Crippen LogP contribution is 2.37. The number of halogens is 1. The molecule has 4 atom stereocenters. The van der Waals surface area contributed by atoms with Crippen molar-refractivity contribution < 1.29 is 38.8 Å². The Labute approximate surface area is 225 Å². The zero-order valence-corrected chi connectivity index (χ0v) is 22.7. The van der Waals surface area contributed by atoms with Gasteiger partial charge in [-0.25, -0.2) is 9.69 Å². The highest BCUT2D eigenvalue weighted by atomic mass is 79.9. The fraction of sp³-hybridized carbons (Fsp3) is 0.593. The summed E-state index contributed by atoms with van der Waals surface area (Å²) >= 11 is 3.26. The lowest BCUT2D eigenvalue weighted by molar-refractivity contribution is -0.227. The monoisotopic (exact) mass is 581 g/mol. The van der Waals surface area contributed by atoms with E-state index in [1.54, 1.807) is 24.3 Å². The number of carbonyl (C=O) groups excluding carboxylic acids is 3. The molecule has 0 saturated carbocycles. The number of ether oxygens (including phenoxy) is 3. The summed E-state index contributed by atoms with van der Waals surface area (Å²) in [5.41, 5.74) is 0.708. The molecular weight excluding hydrogens is 546 g/mol. The summed E-state index contributed by atoms with van der Waals surface area (Å²) < 4.78 is 16.5. The number of hydrogen-bond acceptors (Lipinski definition) is 8. The second-order valence-electron chi connectivity index (χ2n) is 9.39. The van der Waals surface area contributed by atoms with Gasteiger partial charge in [0.1, 0.15) is 12.6 Å². The number of hydrogen-bond donors (Lipinski definition) is 2. The van der Waals surface area contributed by atoms with Crippen LogP contribution in [0.15, 0.2) is 40.9 Å². The van der Waals surface area contributed by atoms with Crippen LogP contribution in [0.25, 0.3) is 0 Å². The number of carbonyl (C=O) groups is 3. The fourth-order valence-electron chi connectivity index (χ4n) is 4.65. The van der Waals surface area contributed by atoms with E-state index in [9.17, 15) is 19.5 Å². The van der Waals surface area contributed by atoms with Crippen LogP contribution in [-0.4, -0.2) is 71.2 Å². The number of aliphatic hydroxyl groups excluding tert-OH is 1. The van der Waals surface area contributed by atoms with Gasteiger partial charge in [-0.15, -0.1) is 0 Å². The Balaban J connectivity index is 1.63. The van der Waals surface area contributed by atoms with Crippen LogP contribution in [0, 0.1) is 0 Å². The largest absolute Gasteiger partial charge is 0.446 e. The van der Waals surface area contributed by atoms with Crippen molar-refractivity contribution in [3.05, 3.63) is 46.5 Å². The van der Waals surface area contributed by atoms with Crippen molar-refractivity contribution in [1.29, 1.82) is 0 Å². The van der Waals surface area contributed by atoms with Gasteiger partial charge < -0.3 is 24.4 Å². The molecule has 2 aliphatic heterocycles. The number of unbranched alkanes of at least 4 members (excludes halogenated alkanes) is 7. The summed E-state index contributed by atoms with van der Waals surface area (Å²) in [6.07, 6.45) is 5.36. The number of rotatable bonds is 14. The average Bonchev–Trinajstić information content (AvgIpc) is 3.28. The molecule has 0 aromatic heterocycles. The van der Waals surface area contributed by atoms with Gasteiger partial charge in [0.05, 0.1) is 4.48 Å². The van der Waals surface area contributed by atoms with Crippen molar-refractivity contribution in [3.63, 3.8) is 0 Å². The lowest BCUT2D eigenvalue weighted by atomic mass is 9.97. The number of methoxy groups -OCH3 is 1. The van der Waals surface area contributed by atoms with E-state index in [0.717, 1.165) is 49.8 Å². The summed E-state index contributed by atoms with van der Waals surface area (Å²) in [7, 11) is 1.26. The Kier molecular flexibility index (Phi) is 11.3. The third-order valence-electron chi connectivity index (χ3n) is 6.74. The summed E-state index contributed by atoms with van der Waals surface area (Å²) in [4.78, 5) is 39.8. The van der Waals surface area contributed by atoms with Gasteiger partial charge in [-0.05, 0) is 40.4 Å². The molecule has 9 nitrogen and oxygen atoms in total. The summed E-state index contributed by atoms with van der Waals surface area (Å²) in [5.74, 6) is -3.11. The second kappa shape index (κ2) is 14.2. The number of ketones is 1. The van der Waals surface area contributed by atoms with E-state index in [2.05, 4.69) is 15.9 Å². The van der Waals surface area contributed by atoms with Gasteiger partial charge in [0.15, 0.2) is 23.8 Å². The van der Waals surface area contributed by atoms with Crippen LogP contribution in [0.4, 0.5) is 4.79 Å². The Bertz CT molecular complexity index is 955. The third-order valence-corrected chi connectivity index (χ3v) is 7.58. The topological polar surface area (TPSA) is 123 Å². The molecule has 0 unspecified atom stereocenters. The number of imide groups is 1. The molecule has 204 valence electrons. The number of benzene rings is 1. The maximum Gasteiger partial charge on any atom is 0.417 e. The number of nitrogens with zero attached hydrogens (tertiary/aromatic N) is 1. The first kappa shape index (κ1) is 29.4. The van der Waals surface area contributed by atoms with Crippen molar-refractivity contribution in [3.8, 4) is 0 Å². The minimum atomic E-state index is -1.79. The Morgan fingerprint density at radius 2 is 1.73 bits per heavy atom. The predicted molar refractivity (Wildman–Crippen MR) is 139 cm³/mol. The molecular formula is C27H36BrNO8. The molecule has 2 heterocycles. The van der Waals surface area contributed by atoms with Gasteiger partial charge in [0, 0.05) is 20.1 Å². The molecule has 2 N–H and O–H groups in total. The van der Waals surface area contributed by atoms with Gasteiger partial charge in [0.25, 0.3) is 5.91 Å². The highest BCUT2D eigenvalue weighted by molar-refractivity contribution is 9.11. The standard InChI is InChI=1S/C27H36BrNO8/c1-35-24(25(32)29-20(18-36-26(29)33)19-13-9-8-10-14-19)23-21(31)17-22(28)27(34,37-23)15-11-6-4-2-3-5-7-12-16-30/h8-10,13-14,17,20,23-24,30,34H,2-7,11-12,15-16,18H2,1H3/t20-,23-,24+,27-/m0/s1. The maximum absolute atomic E-state index is 13.5. The van der Waals surface area contributed by atoms with Crippen LogP contribution < -0.4 is 0 Å². The Hall–Kier alpha value is -2.11. The first-order chi connectivity index (χ1) is 17.8. The number of amides is 2. The van der Waals surface area contributed by atoms with E-state index in [1.807, 2.05) is 6.07 Å². The Morgan fingerprint density at radius 1 is 1.11 bits per heavy atom. The molecule has 37 heavy (non-hydrogen) atoms. The van der Waals surface area contributed by atoms with Crippen molar-refractivity contribution >= 4 is 33.7 Å². The predicted octanol–water partition coefficient (Wildman–Crippen LogP) is 4.16. The van der Waals surface area contributed by atoms with E-state index in [1.165, 1.54) is 13.2 Å². The first-order valence-corrected chi connectivity index (χ1v) is 13.6. The zero-order chi connectivity index (χ0) is 26.8. The summed E-state index contributed by atoms with van der Waals surface area (Å²) in [6.45, 7) is 0.219. The van der Waals surface area contributed by atoms with Gasteiger partial charge in [-0.3, -0.25) is 9.59 Å². The molecule has 2 aliphatic rings. The molecule has 0 radical (unpaired) electrons. The van der Waals surface area contributed by atoms with Crippen molar-refractivity contribution in [2.24, 2.45) is 0 Å². The van der Waals surface area contributed by atoms with E-state index in [0.29, 0.717) is 12.0 Å². The van der Waals surface area contributed by atoms with E-state index in [-0.39, 0.29) is 24.1 Å². The molecule has 3 rings (SSSR count). The van der Waals surface area contributed by atoms with E-state index in [4.69, 9.17) is 19.3 Å². The number of cyclic esters (lactones) is 1. The summed E-state index contributed by atoms with van der Waals surface area (Å²) in [6, 6.07) is 8.31. The summed E-state index contributed by atoms with van der Waals surface area (Å²) in [5, 5.41) is 20.1. The van der Waals surface area contributed by atoms with Crippen LogP contribution in [0.2, 0.25) is 0 Å². The van der Waals surface area contributed by atoms with Crippen LogP contribution in [0.3, 0.4) is 0 Å². The molecule has 1 saturated heterocycles. The molecule has 0 aliphatic carbocycles. The second-order valence-corrected chi connectivity index (χ2v) is 10.2. The smallest absolute Gasteiger partial charge is 0.417 e. The van der Waals surface area contributed by atoms with Crippen LogP contribution in [-0.2, 0) is 23.8 Å². The first-order valence-electron chi connectivity index (χ1n) is 12.8. The van der Waals surface area contributed by atoms with E-state index >= 15 is 0 Å². The van der Waals surface area contributed by atoms with Crippen molar-refractivity contribution in [2.75, 3.05) is 20.3 Å². The molecule has 10 heteroatoms. The molecule has 0 spiro atoms. The van der Waals surface area contributed by atoms with E-state index < -0.39 is 41.8 Å². The molecule has 1 aromatic rings. The van der Waals surface area contributed by atoms with Crippen molar-refractivity contribution in [1.82, 2.24) is 4.90 Å². The minimum Gasteiger partial charge on any atom is -0.446 e. The highest BCUT2D eigenvalue weighted by Gasteiger charge is 2.50. The van der Waals surface area contributed by atoms with Gasteiger partial charge in [-0.2, -0.15) is 0 Å². The molecule has 0 bridgehead atoms. The Morgan fingerprint density at radius 3 is 2.35 bits per heavy atom. The molecule has 1 aromatic carbocycles. The van der Waals surface area contributed by atoms with Crippen molar-refractivity contribution in [2.45, 2.75) is 81.8 Å². The minimum absolute atomic E-state index is 0.0126. The molecule has 2 amide bonds. The normalized spacial score (nSPS) is 24.6. The van der Waals surface area contributed by atoms with Crippen LogP contribution in [0.5, 0.6) is 0 Å². The number of aliphatic hydroxyl groups is 2. The van der Waals surface area contributed by atoms with Crippen LogP contribution >= 0.6 is 15.9 Å². The molecule has 1 fully saturated rings. The third kappa shape index (κ3) is 7.48. The lowest BCUT2D eigenvalue weighted by Gasteiger charge is -2.38. The quantitative estimate of drug-likeness (QED) is 0.314. The van der Waals surface area contributed by atoms with Gasteiger partial charge in [-0.1, -0.05) is 68.9 Å². The fourth-order valence-corrected chi connectivity index (χ4v) is 5.16. The van der Waals surface area contributed by atoms with Gasteiger partial charge in [0.2, 0.25) is 0 Å². The zero-order valence-electron chi connectivity index (χ0n) is 21.1. The van der Waals surface area contributed by atoms with Gasteiger partial charge >= 0.3 is 6.09 Å². The SMILES string of the molecule is CO[C@@H](C(=O)N1C(=O)OC[C@H]1c1ccccc1)[C@H]1O[C@@](O)(CCCCCCCCCCO)C(Br)=CC1=O. The average molecular weight is 582 g/mol. The lowest BCUT2D eigenvalue weighted by Crippen LogP contribution is -2.55. The maximum atomic E-state index is 13.5.